The number of nitrogens with one attached hydrogen (secondary N) is 2. The van der Waals surface area contributed by atoms with Crippen LogP contribution in [0.25, 0.3) is 16.9 Å². The molecule has 0 saturated carbocycles. The number of hydrogen-bond donors (Lipinski definition) is 2. The van der Waals surface area contributed by atoms with Gasteiger partial charge < -0.3 is 10.6 Å². The van der Waals surface area contributed by atoms with Gasteiger partial charge >= 0.3 is 0 Å². The van der Waals surface area contributed by atoms with Crippen molar-refractivity contribution in [1.29, 1.82) is 0 Å². The van der Waals surface area contributed by atoms with Gasteiger partial charge in [0.1, 0.15) is 0 Å². The second-order valence-corrected chi connectivity index (χ2v) is 10.1. The highest BCUT2D eigenvalue weighted by Gasteiger charge is 2.16. The van der Waals surface area contributed by atoms with Gasteiger partial charge in [0.25, 0.3) is 0 Å². The minimum absolute atomic E-state index is 0.269. The van der Waals surface area contributed by atoms with Crippen LogP contribution in [0.5, 0.6) is 0 Å². The Labute approximate surface area is 186 Å². The number of nitrogens with zero attached hydrogens (tertiary/aromatic N) is 4. The summed E-state index contributed by atoms with van der Waals surface area (Å²) < 4.78 is 25.6. The van der Waals surface area contributed by atoms with Gasteiger partial charge in [-0.3, -0.25) is 4.98 Å². The molecule has 164 valence electrons. The van der Waals surface area contributed by atoms with E-state index < -0.39 is 9.84 Å². The topological polar surface area (TPSA) is 101 Å². The third kappa shape index (κ3) is 4.21. The Morgan fingerprint density at radius 3 is 2.62 bits per heavy atom. The van der Waals surface area contributed by atoms with Crippen LogP contribution >= 0.6 is 0 Å². The van der Waals surface area contributed by atoms with Gasteiger partial charge in [-0.15, -0.1) is 5.10 Å². The summed E-state index contributed by atoms with van der Waals surface area (Å²) in [5, 5.41) is 11.2. The maximum atomic E-state index is 12.0. The highest BCUT2D eigenvalue weighted by atomic mass is 32.2. The number of anilines is 2. The summed E-state index contributed by atoms with van der Waals surface area (Å²) in [7, 11) is -3.30. The molecule has 1 aliphatic rings. The first-order valence-corrected chi connectivity index (χ1v) is 12.5. The molecule has 32 heavy (non-hydrogen) atoms. The fourth-order valence-electron chi connectivity index (χ4n) is 4.03. The number of piperidine rings is 1. The van der Waals surface area contributed by atoms with Gasteiger partial charge in [-0.05, 0) is 62.3 Å². The summed E-state index contributed by atoms with van der Waals surface area (Å²) in [4.78, 5) is 9.47. The van der Waals surface area contributed by atoms with Gasteiger partial charge in [-0.1, -0.05) is 18.2 Å². The Balaban J connectivity index is 1.42. The molecule has 1 aromatic carbocycles. The molecule has 1 aliphatic heterocycles. The van der Waals surface area contributed by atoms with Crippen molar-refractivity contribution in [3.8, 4) is 11.3 Å². The number of pyridine rings is 2. The molecule has 0 radical (unpaired) electrons. The van der Waals surface area contributed by atoms with Crippen LogP contribution in [0.2, 0.25) is 0 Å². The maximum Gasteiger partial charge on any atom is 0.247 e. The van der Waals surface area contributed by atoms with Crippen LogP contribution in [0.3, 0.4) is 0 Å². The molecule has 1 saturated heterocycles. The fourth-order valence-corrected chi connectivity index (χ4v) is 4.70. The van der Waals surface area contributed by atoms with E-state index in [0.29, 0.717) is 17.5 Å². The SMILES string of the molecule is CS(=O)(=O)c1cccc(-c2cccc3nc(Nc4ccc(C5CCNCC5)nc4)nn23)c1. The second kappa shape index (κ2) is 8.33. The lowest BCUT2D eigenvalue weighted by Crippen LogP contribution is -2.27. The third-order valence-corrected chi connectivity index (χ3v) is 6.83. The molecule has 4 heterocycles. The van der Waals surface area contributed by atoms with Crippen molar-refractivity contribution in [2.24, 2.45) is 0 Å². The van der Waals surface area contributed by atoms with Crippen molar-refractivity contribution in [3.05, 3.63) is 66.5 Å². The Morgan fingerprint density at radius 1 is 1.06 bits per heavy atom. The Kier molecular flexibility index (Phi) is 5.36. The molecule has 0 aliphatic carbocycles. The first kappa shape index (κ1) is 20.6. The van der Waals surface area contributed by atoms with Crippen molar-refractivity contribution in [1.82, 2.24) is 24.9 Å². The quantitative estimate of drug-likeness (QED) is 0.482. The lowest BCUT2D eigenvalue weighted by molar-refractivity contribution is 0.453. The van der Waals surface area contributed by atoms with Crippen LogP contribution in [0.4, 0.5) is 11.6 Å². The zero-order valence-electron chi connectivity index (χ0n) is 17.7. The smallest absolute Gasteiger partial charge is 0.247 e. The van der Waals surface area contributed by atoms with Gasteiger partial charge in [-0.25, -0.2) is 12.9 Å². The molecule has 0 amide bonds. The van der Waals surface area contributed by atoms with Crippen molar-refractivity contribution in [2.75, 3.05) is 24.7 Å². The number of rotatable bonds is 5. The minimum Gasteiger partial charge on any atom is -0.321 e. The van der Waals surface area contributed by atoms with Crippen molar-refractivity contribution in [2.45, 2.75) is 23.7 Å². The third-order valence-electron chi connectivity index (χ3n) is 5.72. The van der Waals surface area contributed by atoms with E-state index in [4.69, 9.17) is 0 Å². The highest BCUT2D eigenvalue weighted by Crippen LogP contribution is 2.26. The van der Waals surface area contributed by atoms with Crippen molar-refractivity contribution < 1.29 is 8.42 Å². The summed E-state index contributed by atoms with van der Waals surface area (Å²) in [6, 6.07) is 16.5. The van der Waals surface area contributed by atoms with Crippen LogP contribution < -0.4 is 10.6 Å². The molecule has 0 unspecified atom stereocenters. The largest absolute Gasteiger partial charge is 0.321 e. The van der Waals surface area contributed by atoms with E-state index in [1.165, 1.54) is 6.26 Å². The zero-order chi connectivity index (χ0) is 22.1. The standard InChI is InChI=1S/C23H24N6O2S/c1-32(30,31)19-5-2-4-17(14-19)21-6-3-7-22-27-23(28-29(21)22)26-18-8-9-20(25-15-18)16-10-12-24-13-11-16/h2-9,14-16,24H,10-13H2,1H3,(H,26,28). The molecule has 0 bridgehead atoms. The van der Waals surface area contributed by atoms with Crippen LogP contribution in [-0.4, -0.2) is 47.3 Å². The monoisotopic (exact) mass is 448 g/mol. The van der Waals surface area contributed by atoms with E-state index in [1.54, 1.807) is 22.7 Å². The Hall–Kier alpha value is -3.30. The minimum atomic E-state index is -3.30. The average molecular weight is 449 g/mol. The number of fused-ring (bicyclic) bond motifs is 1. The Morgan fingerprint density at radius 2 is 1.88 bits per heavy atom. The molecule has 9 heteroatoms. The van der Waals surface area contributed by atoms with E-state index in [1.807, 2.05) is 36.5 Å². The molecule has 8 nitrogen and oxygen atoms in total. The summed E-state index contributed by atoms with van der Waals surface area (Å²) in [6.07, 6.45) is 5.24. The molecular formula is C23H24N6O2S. The van der Waals surface area contributed by atoms with Crippen LogP contribution in [0.15, 0.2) is 65.7 Å². The summed E-state index contributed by atoms with van der Waals surface area (Å²) in [5.74, 6) is 0.956. The average Bonchev–Trinajstić information content (AvgIpc) is 3.22. The number of benzene rings is 1. The fraction of sp³-hybridized carbons (Fsp3) is 0.261. The van der Waals surface area contributed by atoms with E-state index in [2.05, 4.69) is 31.8 Å². The molecule has 3 aromatic heterocycles. The summed E-state index contributed by atoms with van der Waals surface area (Å²) in [5.41, 5.74) is 4.11. The zero-order valence-corrected chi connectivity index (χ0v) is 18.5. The maximum absolute atomic E-state index is 12.0. The molecule has 0 atom stereocenters. The normalized spacial score (nSPS) is 15.2. The number of sulfone groups is 1. The van der Waals surface area contributed by atoms with Crippen LogP contribution in [0.1, 0.15) is 24.5 Å². The molecule has 5 rings (SSSR count). The lowest BCUT2D eigenvalue weighted by atomic mass is 9.94. The van der Waals surface area contributed by atoms with Gasteiger partial charge in [0, 0.05) is 23.4 Å². The van der Waals surface area contributed by atoms with Crippen molar-refractivity contribution >= 4 is 27.1 Å². The van der Waals surface area contributed by atoms with Crippen LogP contribution in [0, 0.1) is 0 Å². The Bertz CT molecular complexity index is 1360. The predicted molar refractivity (Wildman–Crippen MR) is 124 cm³/mol. The van der Waals surface area contributed by atoms with E-state index >= 15 is 0 Å². The highest BCUT2D eigenvalue weighted by molar-refractivity contribution is 7.90. The van der Waals surface area contributed by atoms with Gasteiger partial charge in [-0.2, -0.15) is 4.98 Å². The number of hydrogen-bond acceptors (Lipinski definition) is 7. The molecule has 1 fully saturated rings. The van der Waals surface area contributed by atoms with Gasteiger partial charge in [0.15, 0.2) is 15.5 Å². The first-order valence-electron chi connectivity index (χ1n) is 10.6. The van der Waals surface area contributed by atoms with Crippen LogP contribution in [-0.2, 0) is 9.84 Å². The molecule has 2 N–H and O–H groups in total. The predicted octanol–water partition coefficient (Wildman–Crippen LogP) is 3.41. The molecule has 0 spiro atoms. The van der Waals surface area contributed by atoms with Gasteiger partial charge in [0.2, 0.25) is 5.95 Å². The van der Waals surface area contributed by atoms with E-state index in [0.717, 1.165) is 48.6 Å². The first-order chi connectivity index (χ1) is 15.5. The summed E-state index contributed by atoms with van der Waals surface area (Å²) >= 11 is 0. The van der Waals surface area contributed by atoms with Crippen molar-refractivity contribution in [3.63, 3.8) is 0 Å². The molecular weight excluding hydrogens is 424 g/mol. The lowest BCUT2D eigenvalue weighted by Gasteiger charge is -2.22. The van der Waals surface area contributed by atoms with Gasteiger partial charge in [0.05, 0.1) is 22.5 Å². The second-order valence-electron chi connectivity index (χ2n) is 8.04. The van der Waals surface area contributed by atoms with E-state index in [-0.39, 0.29) is 4.90 Å². The molecule has 4 aromatic rings. The number of aromatic nitrogens is 4. The summed E-state index contributed by atoms with van der Waals surface area (Å²) in [6.45, 7) is 2.07. The van der Waals surface area contributed by atoms with E-state index in [9.17, 15) is 8.42 Å².